The highest BCUT2D eigenvalue weighted by Gasteiger charge is 2.34. The van der Waals surface area contributed by atoms with Gasteiger partial charge in [0.1, 0.15) is 16.7 Å². The molecule has 0 aliphatic heterocycles. The lowest BCUT2D eigenvalue weighted by Gasteiger charge is -2.29. The first-order chi connectivity index (χ1) is 13.8. The van der Waals surface area contributed by atoms with Gasteiger partial charge < -0.3 is 16.8 Å². The van der Waals surface area contributed by atoms with Crippen molar-refractivity contribution in [2.45, 2.75) is 44.7 Å². The molecule has 1 aromatic carbocycles. The average Bonchev–Trinajstić information content (AvgIpc) is 3.32. The second kappa shape index (κ2) is 8.56. The van der Waals surface area contributed by atoms with Gasteiger partial charge in [-0.2, -0.15) is 4.37 Å². The fraction of sp³-hybridized carbons (Fsp3) is 0.368. The Hall–Kier alpha value is -3.01. The number of halogens is 1. The zero-order chi connectivity index (χ0) is 21.1. The topological polar surface area (TPSA) is 131 Å². The number of nitrogens with two attached hydrogens (primary N) is 2. The number of benzene rings is 1. The van der Waals surface area contributed by atoms with Gasteiger partial charge in [-0.3, -0.25) is 19.3 Å². The van der Waals surface area contributed by atoms with Crippen LogP contribution in [0.5, 0.6) is 0 Å². The van der Waals surface area contributed by atoms with Crippen molar-refractivity contribution in [3.8, 4) is 0 Å². The van der Waals surface area contributed by atoms with E-state index in [1.54, 1.807) is 6.07 Å². The summed E-state index contributed by atoms with van der Waals surface area (Å²) in [6, 6.07) is 4.67. The molecular formula is C19H22FN5O3S. The van der Waals surface area contributed by atoms with Crippen molar-refractivity contribution in [3.05, 3.63) is 40.7 Å². The summed E-state index contributed by atoms with van der Waals surface area (Å²) in [6.07, 6.45) is 3.80. The highest BCUT2D eigenvalue weighted by Crippen LogP contribution is 2.29. The Morgan fingerprint density at radius 2 is 1.93 bits per heavy atom. The van der Waals surface area contributed by atoms with Crippen LogP contribution in [-0.4, -0.2) is 34.2 Å². The maximum Gasteiger partial charge on any atom is 0.272 e. The third-order valence-corrected chi connectivity index (χ3v) is 5.81. The summed E-state index contributed by atoms with van der Waals surface area (Å²) < 4.78 is 18.4. The van der Waals surface area contributed by atoms with E-state index in [4.69, 9.17) is 11.5 Å². The molecule has 2 aromatic rings. The number of primary amides is 1. The van der Waals surface area contributed by atoms with E-state index in [0.29, 0.717) is 11.5 Å². The van der Waals surface area contributed by atoms with Crippen LogP contribution >= 0.6 is 11.5 Å². The van der Waals surface area contributed by atoms with Gasteiger partial charge in [-0.15, -0.1) is 0 Å². The van der Waals surface area contributed by atoms with Crippen LogP contribution in [0.15, 0.2) is 24.3 Å². The third-order valence-electron chi connectivity index (χ3n) is 4.95. The van der Waals surface area contributed by atoms with Gasteiger partial charge in [-0.1, -0.05) is 25.0 Å². The van der Waals surface area contributed by atoms with Crippen molar-refractivity contribution in [2.24, 2.45) is 5.73 Å². The summed E-state index contributed by atoms with van der Waals surface area (Å²) in [5, 5.41) is 2.92. The normalized spacial score (nSPS) is 15.1. The Bertz CT molecular complexity index is 942. The molecule has 1 fully saturated rings. The maximum absolute atomic E-state index is 14.5. The number of para-hydroxylation sites is 1. The maximum atomic E-state index is 14.5. The molecule has 1 aliphatic rings. The molecule has 3 rings (SSSR count). The molecule has 0 saturated heterocycles. The number of hydrogen-bond donors (Lipinski definition) is 3. The summed E-state index contributed by atoms with van der Waals surface area (Å²) in [5.74, 6) is -2.67. The molecule has 8 nitrogen and oxygen atoms in total. The minimum atomic E-state index is -1.02. The van der Waals surface area contributed by atoms with Crippen molar-refractivity contribution in [3.63, 3.8) is 0 Å². The first-order valence-corrected chi connectivity index (χ1v) is 10.0. The van der Waals surface area contributed by atoms with Crippen LogP contribution in [0, 0.1) is 5.82 Å². The van der Waals surface area contributed by atoms with Crippen LogP contribution < -0.4 is 21.7 Å². The van der Waals surface area contributed by atoms with Crippen molar-refractivity contribution >= 4 is 40.6 Å². The first-order valence-electron chi connectivity index (χ1n) is 9.24. The molecule has 1 aliphatic carbocycles. The van der Waals surface area contributed by atoms with Gasteiger partial charge in [-0.25, -0.2) is 4.39 Å². The van der Waals surface area contributed by atoms with Gasteiger partial charge in [-0.05, 0) is 43.4 Å². The number of aromatic nitrogens is 1. The van der Waals surface area contributed by atoms with Gasteiger partial charge in [0.2, 0.25) is 5.91 Å². The fourth-order valence-electron chi connectivity index (χ4n) is 3.39. The van der Waals surface area contributed by atoms with E-state index >= 15 is 0 Å². The number of carbonyl (C=O) groups excluding carboxylic acids is 3. The summed E-state index contributed by atoms with van der Waals surface area (Å²) in [6.45, 7) is 1.51. The SMILES string of the molecule is C[C@@H](C(=O)NC1CCCC1)N(C(=O)c1snc(C(N)=O)c1N)c1ccccc1F. The van der Waals surface area contributed by atoms with Gasteiger partial charge in [0, 0.05) is 6.04 Å². The molecule has 0 bridgehead atoms. The number of anilines is 2. The van der Waals surface area contributed by atoms with E-state index in [-0.39, 0.29) is 28.0 Å². The molecule has 0 radical (unpaired) electrons. The second-order valence-electron chi connectivity index (χ2n) is 6.93. The quantitative estimate of drug-likeness (QED) is 0.659. The summed E-state index contributed by atoms with van der Waals surface area (Å²) in [7, 11) is 0. The Labute approximate surface area is 171 Å². The zero-order valence-electron chi connectivity index (χ0n) is 15.9. The van der Waals surface area contributed by atoms with Crippen LogP contribution in [0.3, 0.4) is 0 Å². The number of amides is 3. The zero-order valence-corrected chi connectivity index (χ0v) is 16.7. The van der Waals surface area contributed by atoms with E-state index in [2.05, 4.69) is 9.69 Å². The Balaban J connectivity index is 1.97. The lowest BCUT2D eigenvalue weighted by Crippen LogP contribution is -2.50. The van der Waals surface area contributed by atoms with Gasteiger partial charge in [0.05, 0.1) is 11.4 Å². The molecule has 1 aromatic heterocycles. The first kappa shape index (κ1) is 20.7. The van der Waals surface area contributed by atoms with Crippen molar-refractivity contribution in [1.29, 1.82) is 0 Å². The van der Waals surface area contributed by atoms with Gasteiger partial charge in [0.15, 0.2) is 5.69 Å². The molecule has 0 unspecified atom stereocenters. The predicted molar refractivity (Wildman–Crippen MR) is 108 cm³/mol. The largest absolute Gasteiger partial charge is 0.395 e. The fourth-order valence-corrected chi connectivity index (χ4v) is 4.13. The van der Waals surface area contributed by atoms with E-state index in [1.165, 1.54) is 25.1 Å². The Morgan fingerprint density at radius 3 is 2.52 bits per heavy atom. The number of hydrogen-bond acceptors (Lipinski definition) is 6. The van der Waals surface area contributed by atoms with Crippen LogP contribution in [0.25, 0.3) is 0 Å². The monoisotopic (exact) mass is 419 g/mol. The minimum absolute atomic E-state index is 0.0393. The number of nitrogen functional groups attached to an aromatic ring is 1. The summed E-state index contributed by atoms with van der Waals surface area (Å²) >= 11 is 0.682. The van der Waals surface area contributed by atoms with E-state index in [9.17, 15) is 18.8 Å². The Kier molecular flexibility index (Phi) is 6.12. The number of carbonyl (C=O) groups is 3. The molecule has 0 spiro atoms. The highest BCUT2D eigenvalue weighted by atomic mass is 32.1. The van der Waals surface area contributed by atoms with Gasteiger partial charge >= 0.3 is 0 Å². The molecule has 154 valence electrons. The molecular weight excluding hydrogens is 397 g/mol. The number of rotatable bonds is 6. The van der Waals surface area contributed by atoms with Crippen molar-refractivity contribution in [1.82, 2.24) is 9.69 Å². The Morgan fingerprint density at radius 1 is 1.28 bits per heavy atom. The highest BCUT2D eigenvalue weighted by molar-refractivity contribution is 7.09. The lowest BCUT2D eigenvalue weighted by atomic mass is 10.1. The van der Waals surface area contributed by atoms with Crippen LogP contribution in [-0.2, 0) is 4.79 Å². The average molecular weight is 419 g/mol. The van der Waals surface area contributed by atoms with E-state index < -0.39 is 29.6 Å². The van der Waals surface area contributed by atoms with Crippen molar-refractivity contribution in [2.75, 3.05) is 10.6 Å². The van der Waals surface area contributed by atoms with E-state index in [1.807, 2.05) is 0 Å². The molecule has 1 atom stereocenters. The lowest BCUT2D eigenvalue weighted by molar-refractivity contribution is -0.122. The molecule has 1 saturated carbocycles. The molecule has 29 heavy (non-hydrogen) atoms. The standard InChI is InChI=1S/C19H22FN5O3S/c1-10(18(27)23-11-6-2-3-7-11)25(13-9-5-4-8-12(13)20)19(28)16-14(21)15(17(22)26)24-29-16/h4-5,8-11H,2-3,6-7,21H2,1H3,(H2,22,26)(H,23,27)/t10-/m0/s1. The minimum Gasteiger partial charge on any atom is -0.395 e. The third kappa shape index (κ3) is 4.21. The number of nitrogens with zero attached hydrogens (tertiary/aromatic N) is 2. The van der Waals surface area contributed by atoms with Crippen LogP contribution in [0.2, 0.25) is 0 Å². The smallest absolute Gasteiger partial charge is 0.272 e. The molecule has 10 heteroatoms. The second-order valence-corrected chi connectivity index (χ2v) is 7.70. The van der Waals surface area contributed by atoms with Crippen LogP contribution in [0.1, 0.15) is 52.8 Å². The van der Waals surface area contributed by atoms with Gasteiger partial charge in [0.25, 0.3) is 11.8 Å². The number of nitrogens with one attached hydrogen (secondary N) is 1. The summed E-state index contributed by atoms with van der Waals surface area (Å²) in [5.41, 5.74) is 10.6. The molecule has 1 heterocycles. The van der Waals surface area contributed by atoms with Crippen LogP contribution in [0.4, 0.5) is 15.8 Å². The molecule has 5 N–H and O–H groups in total. The van der Waals surface area contributed by atoms with Crippen molar-refractivity contribution < 1.29 is 18.8 Å². The summed E-state index contributed by atoms with van der Waals surface area (Å²) in [4.78, 5) is 38.4. The molecule has 3 amide bonds. The predicted octanol–water partition coefficient (Wildman–Crippen LogP) is 2.06. The van der Waals surface area contributed by atoms with E-state index in [0.717, 1.165) is 30.6 Å².